The molecule has 1 fully saturated rings. The summed E-state index contributed by atoms with van der Waals surface area (Å²) >= 11 is 1.67. The lowest BCUT2D eigenvalue weighted by Gasteiger charge is -2.38. The number of hydrogen-bond acceptors (Lipinski definition) is 3. The third-order valence-electron chi connectivity index (χ3n) is 5.11. The van der Waals surface area contributed by atoms with Crippen LogP contribution in [-0.2, 0) is 17.6 Å². The number of fused-ring (bicyclic) bond motifs is 1. The number of aryl methyl sites for hydroxylation is 1. The molecule has 2 aliphatic rings. The lowest BCUT2D eigenvalue weighted by atomic mass is 10.1. The molecule has 120 valence electrons. The van der Waals surface area contributed by atoms with Gasteiger partial charge in [0.25, 0.3) is 0 Å². The van der Waals surface area contributed by atoms with E-state index in [1.807, 2.05) is 22.4 Å². The Morgan fingerprint density at radius 1 is 1.09 bits per heavy atom. The van der Waals surface area contributed by atoms with Gasteiger partial charge in [0, 0.05) is 37.1 Å². The Labute approximate surface area is 141 Å². The number of rotatable bonds is 3. The minimum Gasteiger partial charge on any atom is -0.340 e. The van der Waals surface area contributed by atoms with E-state index in [9.17, 15) is 4.79 Å². The molecule has 0 radical (unpaired) electrons. The van der Waals surface area contributed by atoms with Crippen molar-refractivity contribution < 1.29 is 4.79 Å². The Morgan fingerprint density at radius 3 is 2.70 bits per heavy atom. The summed E-state index contributed by atoms with van der Waals surface area (Å²) in [6.07, 6.45) is 2.98. The van der Waals surface area contributed by atoms with Gasteiger partial charge >= 0.3 is 0 Å². The second-order valence-electron chi connectivity index (χ2n) is 6.43. The van der Waals surface area contributed by atoms with Crippen molar-refractivity contribution in [2.75, 3.05) is 26.2 Å². The van der Waals surface area contributed by atoms with Crippen molar-refractivity contribution >= 4 is 17.2 Å². The van der Waals surface area contributed by atoms with Gasteiger partial charge in [-0.1, -0.05) is 30.3 Å². The molecule has 1 aliphatic heterocycles. The number of carbonyl (C=O) groups excluding carboxylic acids is 1. The molecule has 1 saturated heterocycles. The van der Waals surface area contributed by atoms with E-state index in [-0.39, 0.29) is 5.91 Å². The summed E-state index contributed by atoms with van der Waals surface area (Å²) in [4.78, 5) is 18.2. The highest BCUT2D eigenvalue weighted by Gasteiger charge is 2.30. The molecule has 23 heavy (non-hydrogen) atoms. The molecule has 1 aromatic heterocycles. The van der Waals surface area contributed by atoms with Gasteiger partial charge in [-0.25, -0.2) is 0 Å². The van der Waals surface area contributed by atoms with Crippen LogP contribution in [0.15, 0.2) is 41.8 Å². The zero-order chi connectivity index (χ0) is 15.6. The highest BCUT2D eigenvalue weighted by molar-refractivity contribution is 7.10. The second-order valence-corrected chi connectivity index (χ2v) is 7.46. The van der Waals surface area contributed by atoms with Gasteiger partial charge in [-0.15, -0.1) is 11.3 Å². The Bertz CT molecular complexity index is 674. The highest BCUT2D eigenvalue weighted by Crippen LogP contribution is 2.35. The predicted octanol–water partition coefficient (Wildman–Crippen LogP) is 3.12. The molecule has 2 aromatic rings. The lowest BCUT2D eigenvalue weighted by Crippen LogP contribution is -2.49. The maximum atomic E-state index is 12.4. The van der Waals surface area contributed by atoms with E-state index in [0.29, 0.717) is 12.5 Å². The number of hydrogen-bond donors (Lipinski definition) is 0. The van der Waals surface area contributed by atoms with Crippen LogP contribution in [0.25, 0.3) is 0 Å². The Morgan fingerprint density at radius 2 is 1.91 bits per heavy atom. The zero-order valence-corrected chi connectivity index (χ0v) is 14.1. The summed E-state index contributed by atoms with van der Waals surface area (Å²) < 4.78 is 0. The molecule has 1 aromatic carbocycles. The van der Waals surface area contributed by atoms with Gasteiger partial charge in [0.15, 0.2) is 0 Å². The van der Waals surface area contributed by atoms with Crippen molar-refractivity contribution in [2.24, 2.45) is 0 Å². The van der Waals surface area contributed by atoms with Crippen molar-refractivity contribution in [3.63, 3.8) is 0 Å². The molecular formula is C19H22N2OS. The fourth-order valence-electron chi connectivity index (χ4n) is 3.87. The maximum absolute atomic E-state index is 12.4. The molecule has 0 saturated carbocycles. The van der Waals surface area contributed by atoms with Crippen LogP contribution in [0.5, 0.6) is 0 Å². The standard InChI is InChI=1S/C19H22N2OS/c22-19(14-16-5-3-13-23-16)21-11-9-20(10-12-21)18-8-7-15-4-1-2-6-17(15)18/h1-6,13,18H,7-12,14H2. The van der Waals surface area contributed by atoms with E-state index in [2.05, 4.69) is 29.2 Å². The summed E-state index contributed by atoms with van der Waals surface area (Å²) in [5.41, 5.74) is 3.01. The zero-order valence-electron chi connectivity index (χ0n) is 13.3. The normalized spacial score (nSPS) is 21.4. The molecular weight excluding hydrogens is 304 g/mol. The fraction of sp³-hybridized carbons (Fsp3) is 0.421. The van der Waals surface area contributed by atoms with Gasteiger partial charge in [-0.05, 0) is 35.4 Å². The molecule has 0 N–H and O–H groups in total. The quantitative estimate of drug-likeness (QED) is 0.865. The summed E-state index contributed by atoms with van der Waals surface area (Å²) in [5.74, 6) is 0.277. The third kappa shape index (κ3) is 3.06. The number of amides is 1. The molecule has 0 spiro atoms. The first kappa shape index (κ1) is 14.9. The number of nitrogens with zero attached hydrogens (tertiary/aromatic N) is 2. The van der Waals surface area contributed by atoms with E-state index in [1.165, 1.54) is 28.8 Å². The van der Waals surface area contributed by atoms with Crippen LogP contribution in [0.4, 0.5) is 0 Å². The summed E-state index contributed by atoms with van der Waals surface area (Å²) in [6, 6.07) is 13.5. The first-order valence-corrected chi connectivity index (χ1v) is 9.31. The second kappa shape index (κ2) is 6.46. The van der Waals surface area contributed by atoms with Crippen molar-refractivity contribution in [1.82, 2.24) is 9.80 Å². The topological polar surface area (TPSA) is 23.6 Å². The number of benzene rings is 1. The number of carbonyl (C=O) groups is 1. The van der Waals surface area contributed by atoms with Crippen LogP contribution in [-0.4, -0.2) is 41.9 Å². The Balaban J connectivity index is 1.35. The minimum absolute atomic E-state index is 0.277. The highest BCUT2D eigenvalue weighted by atomic mass is 32.1. The van der Waals surface area contributed by atoms with Crippen LogP contribution in [0.2, 0.25) is 0 Å². The molecule has 3 nitrogen and oxygen atoms in total. The fourth-order valence-corrected chi connectivity index (χ4v) is 4.57. The summed E-state index contributed by atoms with van der Waals surface area (Å²) in [5, 5.41) is 2.04. The largest absolute Gasteiger partial charge is 0.340 e. The molecule has 2 heterocycles. The van der Waals surface area contributed by atoms with E-state index in [4.69, 9.17) is 0 Å². The lowest BCUT2D eigenvalue weighted by molar-refractivity contribution is -0.132. The van der Waals surface area contributed by atoms with E-state index >= 15 is 0 Å². The van der Waals surface area contributed by atoms with Gasteiger partial charge in [-0.3, -0.25) is 9.69 Å². The first-order valence-electron chi connectivity index (χ1n) is 8.43. The van der Waals surface area contributed by atoms with E-state index in [0.717, 1.165) is 26.2 Å². The number of thiophene rings is 1. The van der Waals surface area contributed by atoms with Crippen molar-refractivity contribution in [3.05, 3.63) is 57.8 Å². The van der Waals surface area contributed by atoms with Gasteiger partial charge < -0.3 is 4.90 Å². The smallest absolute Gasteiger partial charge is 0.227 e. The van der Waals surface area contributed by atoms with E-state index < -0.39 is 0 Å². The Hall–Kier alpha value is -1.65. The molecule has 1 unspecified atom stereocenters. The van der Waals surface area contributed by atoms with Crippen molar-refractivity contribution in [1.29, 1.82) is 0 Å². The Kier molecular flexibility index (Phi) is 4.19. The van der Waals surface area contributed by atoms with Gasteiger partial charge in [0.1, 0.15) is 0 Å². The summed E-state index contributed by atoms with van der Waals surface area (Å²) in [7, 11) is 0. The first-order chi connectivity index (χ1) is 11.3. The molecule has 1 amide bonds. The van der Waals surface area contributed by atoms with Crippen LogP contribution in [0, 0.1) is 0 Å². The number of piperazine rings is 1. The summed E-state index contributed by atoms with van der Waals surface area (Å²) in [6.45, 7) is 3.72. The predicted molar refractivity (Wildman–Crippen MR) is 93.7 cm³/mol. The van der Waals surface area contributed by atoms with Gasteiger partial charge in [0.2, 0.25) is 5.91 Å². The van der Waals surface area contributed by atoms with Crippen molar-refractivity contribution in [3.8, 4) is 0 Å². The SMILES string of the molecule is O=C(Cc1cccs1)N1CCN(C2CCc3ccccc32)CC1. The third-order valence-corrected chi connectivity index (χ3v) is 5.99. The van der Waals surface area contributed by atoms with Crippen LogP contribution in [0.3, 0.4) is 0 Å². The molecule has 1 aliphatic carbocycles. The van der Waals surface area contributed by atoms with Crippen LogP contribution < -0.4 is 0 Å². The van der Waals surface area contributed by atoms with Crippen LogP contribution >= 0.6 is 11.3 Å². The van der Waals surface area contributed by atoms with Gasteiger partial charge in [0.05, 0.1) is 6.42 Å². The molecule has 4 rings (SSSR count). The molecule has 4 heteroatoms. The van der Waals surface area contributed by atoms with E-state index in [1.54, 1.807) is 11.3 Å². The minimum atomic E-state index is 0.277. The maximum Gasteiger partial charge on any atom is 0.227 e. The van der Waals surface area contributed by atoms with Crippen LogP contribution in [0.1, 0.15) is 28.5 Å². The monoisotopic (exact) mass is 326 g/mol. The molecule has 1 atom stereocenters. The average Bonchev–Trinajstić information content (AvgIpc) is 3.24. The molecule has 0 bridgehead atoms. The van der Waals surface area contributed by atoms with Gasteiger partial charge in [-0.2, -0.15) is 0 Å². The van der Waals surface area contributed by atoms with Crippen molar-refractivity contribution in [2.45, 2.75) is 25.3 Å². The average molecular weight is 326 g/mol.